The summed E-state index contributed by atoms with van der Waals surface area (Å²) in [5.74, 6) is 0.926. The first kappa shape index (κ1) is 25.4. The minimum absolute atomic E-state index is 0.0603. The maximum absolute atomic E-state index is 13.5. The minimum atomic E-state index is -1.26. The number of aryl methyl sites for hydroxylation is 1. The zero-order valence-electron chi connectivity index (χ0n) is 21.1. The van der Waals surface area contributed by atoms with Crippen LogP contribution in [0.2, 0.25) is 0 Å². The highest BCUT2D eigenvalue weighted by molar-refractivity contribution is 5.79. The Morgan fingerprint density at radius 3 is 2.84 bits per heavy atom. The molecule has 0 radical (unpaired) electrons. The summed E-state index contributed by atoms with van der Waals surface area (Å²) >= 11 is 0. The van der Waals surface area contributed by atoms with Crippen molar-refractivity contribution in [2.75, 3.05) is 26.2 Å². The summed E-state index contributed by atoms with van der Waals surface area (Å²) in [5.41, 5.74) is 3.03. The van der Waals surface area contributed by atoms with E-state index in [1.807, 2.05) is 11.5 Å². The third-order valence-corrected chi connectivity index (χ3v) is 7.84. The van der Waals surface area contributed by atoms with Crippen molar-refractivity contribution in [1.82, 2.24) is 19.6 Å². The molecule has 2 aliphatic rings. The molecule has 2 aromatic heterocycles. The monoisotopic (exact) mass is 512 g/mol. The van der Waals surface area contributed by atoms with Gasteiger partial charge in [-0.15, -0.1) is 0 Å². The van der Waals surface area contributed by atoms with Gasteiger partial charge in [0, 0.05) is 47.6 Å². The molecule has 1 fully saturated rings. The molecule has 37 heavy (non-hydrogen) atoms. The molecule has 1 N–H and O–H groups in total. The standard InChI is InChI=1S/C27H33FN4O5/c1-17-21(26(33)32-11-2-4-19(25(32)29-17)5-3-15-36-27(34)35)10-14-31-12-8-18(9-13-31)24-22-7-6-20(28)16-23(22)37-30-24/h6-7,16,18-19H,2-5,8-15H2,1H3,(H,34,35). The number of hydrogen-bond acceptors (Lipinski definition) is 7. The number of hydrogen-bond donors (Lipinski definition) is 1. The largest absolute Gasteiger partial charge is 0.505 e. The zero-order valence-corrected chi connectivity index (χ0v) is 21.1. The predicted molar refractivity (Wildman–Crippen MR) is 135 cm³/mol. The molecular formula is C27H33FN4O5. The molecule has 3 aromatic rings. The summed E-state index contributed by atoms with van der Waals surface area (Å²) in [6, 6.07) is 4.57. The molecule has 4 heterocycles. The number of ether oxygens (including phenoxy) is 1. The summed E-state index contributed by atoms with van der Waals surface area (Å²) in [7, 11) is 0. The van der Waals surface area contributed by atoms with Crippen LogP contribution in [-0.2, 0) is 17.7 Å². The molecule has 198 valence electrons. The first-order chi connectivity index (χ1) is 17.9. The molecule has 9 nitrogen and oxygen atoms in total. The Kier molecular flexibility index (Phi) is 7.55. The van der Waals surface area contributed by atoms with Gasteiger partial charge in [-0.25, -0.2) is 14.2 Å². The van der Waals surface area contributed by atoms with Crippen molar-refractivity contribution in [2.45, 2.75) is 70.3 Å². The van der Waals surface area contributed by atoms with E-state index in [0.717, 1.165) is 79.9 Å². The number of carbonyl (C=O) groups is 1. The van der Waals surface area contributed by atoms with Gasteiger partial charge in [-0.2, -0.15) is 0 Å². The number of fused-ring (bicyclic) bond motifs is 2. The molecule has 0 spiro atoms. The van der Waals surface area contributed by atoms with Crippen LogP contribution < -0.4 is 5.56 Å². The number of rotatable bonds is 8. The van der Waals surface area contributed by atoms with E-state index >= 15 is 0 Å². The molecule has 0 saturated carbocycles. The van der Waals surface area contributed by atoms with Crippen molar-refractivity contribution in [3.8, 4) is 0 Å². The number of carboxylic acid groups (broad SMARTS) is 1. The molecular weight excluding hydrogens is 479 g/mol. The molecule has 10 heteroatoms. The number of nitrogens with zero attached hydrogens (tertiary/aromatic N) is 4. The third-order valence-electron chi connectivity index (χ3n) is 7.84. The van der Waals surface area contributed by atoms with Gasteiger partial charge in [-0.3, -0.25) is 9.36 Å². The first-order valence-electron chi connectivity index (χ1n) is 13.1. The Balaban J connectivity index is 1.19. The molecule has 0 bridgehead atoms. The van der Waals surface area contributed by atoms with Crippen molar-refractivity contribution in [3.63, 3.8) is 0 Å². The number of piperidine rings is 1. The van der Waals surface area contributed by atoms with Crippen LogP contribution in [0.3, 0.4) is 0 Å². The van der Waals surface area contributed by atoms with Gasteiger partial charge < -0.3 is 19.3 Å². The van der Waals surface area contributed by atoms with E-state index in [9.17, 15) is 14.0 Å². The maximum Gasteiger partial charge on any atom is 0.505 e. The quantitative estimate of drug-likeness (QED) is 0.344. The second-order valence-electron chi connectivity index (χ2n) is 10.2. The summed E-state index contributed by atoms with van der Waals surface area (Å²) < 4.78 is 25.3. The molecule has 5 rings (SSSR count). The van der Waals surface area contributed by atoms with Crippen molar-refractivity contribution in [1.29, 1.82) is 0 Å². The molecule has 0 amide bonds. The normalized spacial score (nSPS) is 18.7. The lowest BCUT2D eigenvalue weighted by Crippen LogP contribution is -2.37. The first-order valence-corrected chi connectivity index (χ1v) is 13.1. The second kappa shape index (κ2) is 11.0. The van der Waals surface area contributed by atoms with E-state index in [4.69, 9.17) is 14.6 Å². The highest BCUT2D eigenvalue weighted by Crippen LogP contribution is 2.33. The van der Waals surface area contributed by atoms with E-state index in [-0.39, 0.29) is 29.8 Å². The van der Waals surface area contributed by atoms with Crippen LogP contribution in [0.1, 0.15) is 73.1 Å². The van der Waals surface area contributed by atoms with E-state index < -0.39 is 6.16 Å². The molecule has 0 aliphatic carbocycles. The summed E-state index contributed by atoms with van der Waals surface area (Å²) in [4.78, 5) is 31.2. The van der Waals surface area contributed by atoms with Gasteiger partial charge in [0.1, 0.15) is 11.6 Å². The van der Waals surface area contributed by atoms with Crippen molar-refractivity contribution in [2.24, 2.45) is 0 Å². The van der Waals surface area contributed by atoms with E-state index in [0.29, 0.717) is 25.0 Å². The zero-order chi connectivity index (χ0) is 25.9. The average Bonchev–Trinajstić information content (AvgIpc) is 3.30. The Morgan fingerprint density at radius 1 is 1.24 bits per heavy atom. The van der Waals surface area contributed by atoms with Gasteiger partial charge in [0.15, 0.2) is 5.58 Å². The molecule has 1 saturated heterocycles. The third kappa shape index (κ3) is 5.53. The number of likely N-dealkylation sites (tertiary alicyclic amines) is 1. The fourth-order valence-electron chi connectivity index (χ4n) is 5.85. The van der Waals surface area contributed by atoms with Crippen LogP contribution in [0.15, 0.2) is 27.5 Å². The average molecular weight is 513 g/mol. The van der Waals surface area contributed by atoms with E-state index in [1.165, 1.54) is 12.1 Å². The lowest BCUT2D eigenvalue weighted by atomic mass is 9.91. The fraction of sp³-hybridized carbons (Fsp3) is 0.556. The molecule has 1 atom stereocenters. The lowest BCUT2D eigenvalue weighted by Gasteiger charge is -2.31. The molecule has 2 aliphatic heterocycles. The Labute approximate surface area is 214 Å². The summed E-state index contributed by atoms with van der Waals surface area (Å²) in [5, 5.41) is 13.8. The number of benzene rings is 1. The summed E-state index contributed by atoms with van der Waals surface area (Å²) in [6.07, 6.45) is 4.51. The van der Waals surface area contributed by atoms with Gasteiger partial charge >= 0.3 is 6.16 Å². The highest BCUT2D eigenvalue weighted by atomic mass is 19.1. The van der Waals surface area contributed by atoms with Crippen LogP contribution in [0, 0.1) is 12.7 Å². The Morgan fingerprint density at radius 2 is 2.05 bits per heavy atom. The van der Waals surface area contributed by atoms with Crippen LogP contribution in [0.4, 0.5) is 9.18 Å². The Bertz CT molecular complexity index is 1330. The fourth-order valence-corrected chi connectivity index (χ4v) is 5.85. The van der Waals surface area contributed by atoms with Crippen LogP contribution in [0.5, 0.6) is 0 Å². The van der Waals surface area contributed by atoms with Crippen molar-refractivity contribution >= 4 is 17.1 Å². The van der Waals surface area contributed by atoms with Gasteiger partial charge in [0.05, 0.1) is 12.3 Å². The van der Waals surface area contributed by atoms with Crippen molar-refractivity contribution < 1.29 is 23.6 Å². The van der Waals surface area contributed by atoms with Crippen molar-refractivity contribution in [3.05, 3.63) is 57.1 Å². The van der Waals surface area contributed by atoms with Crippen LogP contribution in [0.25, 0.3) is 11.0 Å². The van der Waals surface area contributed by atoms with E-state index in [2.05, 4.69) is 14.8 Å². The smallest absolute Gasteiger partial charge is 0.450 e. The van der Waals surface area contributed by atoms with Gasteiger partial charge in [-0.05, 0) is 77.1 Å². The highest BCUT2D eigenvalue weighted by Gasteiger charge is 2.27. The number of aromatic nitrogens is 3. The molecule has 1 unspecified atom stereocenters. The Hall–Kier alpha value is -3.27. The second-order valence-corrected chi connectivity index (χ2v) is 10.2. The van der Waals surface area contributed by atoms with Gasteiger partial charge in [-0.1, -0.05) is 5.16 Å². The van der Waals surface area contributed by atoms with Crippen LogP contribution >= 0.6 is 0 Å². The maximum atomic E-state index is 13.5. The van der Waals surface area contributed by atoms with Gasteiger partial charge in [0.2, 0.25) is 0 Å². The summed E-state index contributed by atoms with van der Waals surface area (Å²) in [6.45, 7) is 5.36. The van der Waals surface area contributed by atoms with E-state index in [1.54, 1.807) is 6.07 Å². The lowest BCUT2D eigenvalue weighted by molar-refractivity contribution is 0.0893. The van der Waals surface area contributed by atoms with Crippen LogP contribution in [-0.4, -0.2) is 57.1 Å². The van der Waals surface area contributed by atoms with Gasteiger partial charge in [0.25, 0.3) is 5.56 Å². The molecule has 1 aromatic carbocycles. The predicted octanol–water partition coefficient (Wildman–Crippen LogP) is 4.61. The minimum Gasteiger partial charge on any atom is -0.450 e. The topological polar surface area (TPSA) is 111 Å². The number of halogens is 1. The SMILES string of the molecule is Cc1nc2n(c(=O)c1CCN1CCC(c3noc4cc(F)ccc34)CC1)CCCC2CCCOC(=O)O.